The lowest BCUT2D eigenvalue weighted by molar-refractivity contribution is -0.146. The number of carbonyl (C=O) groups is 5. The first-order valence-corrected chi connectivity index (χ1v) is 15.0. The van der Waals surface area contributed by atoms with Crippen LogP contribution in [0.2, 0.25) is 0 Å². The number of carboxylic acids is 1. The summed E-state index contributed by atoms with van der Waals surface area (Å²) in [6, 6.07) is 9.37. The fraction of sp³-hybridized carbons (Fsp3) is 0.545. The number of ether oxygens (including phenoxy) is 1. The van der Waals surface area contributed by atoms with Crippen molar-refractivity contribution in [2.75, 3.05) is 13.6 Å². The maximum Gasteiger partial charge on any atom is 0.410 e. The number of aliphatic carboxylic acids is 1. The second kappa shape index (κ2) is 13.7. The minimum atomic E-state index is -1.19. The minimum Gasteiger partial charge on any atom is -0.480 e. The van der Waals surface area contributed by atoms with Crippen molar-refractivity contribution in [1.29, 1.82) is 0 Å². The number of fused-ring (bicyclic) bond motifs is 1. The van der Waals surface area contributed by atoms with E-state index in [9.17, 15) is 29.1 Å². The van der Waals surface area contributed by atoms with Crippen molar-refractivity contribution >= 4 is 40.6 Å². The summed E-state index contributed by atoms with van der Waals surface area (Å²) in [5.41, 5.74) is -0.719. The first kappa shape index (κ1) is 34.3. The summed E-state index contributed by atoms with van der Waals surface area (Å²) < 4.78 is 5.36. The maximum absolute atomic E-state index is 13.9. The van der Waals surface area contributed by atoms with Gasteiger partial charge in [0.2, 0.25) is 17.7 Å². The molecule has 0 radical (unpaired) electrons. The zero-order valence-electron chi connectivity index (χ0n) is 27.0. The molecule has 44 heavy (non-hydrogen) atoms. The van der Waals surface area contributed by atoms with Crippen LogP contribution in [0.25, 0.3) is 10.8 Å². The molecule has 4 amide bonds. The van der Waals surface area contributed by atoms with Crippen LogP contribution in [0.5, 0.6) is 0 Å². The number of hydrogen-bond acceptors (Lipinski definition) is 6. The van der Waals surface area contributed by atoms with Crippen molar-refractivity contribution in [3.63, 3.8) is 0 Å². The third-order valence-corrected chi connectivity index (χ3v) is 7.75. The number of benzene rings is 2. The van der Waals surface area contributed by atoms with Crippen molar-refractivity contribution in [3.05, 3.63) is 48.0 Å². The van der Waals surface area contributed by atoms with E-state index in [2.05, 4.69) is 10.6 Å². The minimum absolute atomic E-state index is 0.0797. The molecule has 1 aliphatic heterocycles. The second-order valence-corrected chi connectivity index (χ2v) is 13.5. The normalized spacial score (nSPS) is 17.4. The molecular formula is C33H46N4O7. The van der Waals surface area contributed by atoms with Gasteiger partial charge in [-0.25, -0.2) is 9.59 Å². The fourth-order valence-corrected chi connectivity index (χ4v) is 5.12. The van der Waals surface area contributed by atoms with Crippen molar-refractivity contribution in [2.45, 2.75) is 97.5 Å². The van der Waals surface area contributed by atoms with Gasteiger partial charge in [0.05, 0.1) is 0 Å². The van der Waals surface area contributed by atoms with Crippen LogP contribution >= 0.6 is 0 Å². The van der Waals surface area contributed by atoms with Crippen LogP contribution < -0.4 is 10.6 Å². The molecule has 0 bridgehead atoms. The number of nitrogens with one attached hydrogen (secondary N) is 2. The summed E-state index contributed by atoms with van der Waals surface area (Å²) in [6.45, 7) is 12.4. The SMILES string of the molecule is CC(C(=O)NC(C(=O)N1CCCC1C(=O)NC(Cc1ccc2ccccc2c1)C(=O)O)C(C)(C)C)N(C)C(=O)OC(C)(C)C. The maximum atomic E-state index is 13.9. The van der Waals surface area contributed by atoms with Crippen molar-refractivity contribution in [1.82, 2.24) is 20.4 Å². The van der Waals surface area contributed by atoms with Gasteiger partial charge in [0.25, 0.3) is 0 Å². The number of nitrogens with zero attached hydrogens (tertiary/aromatic N) is 2. The molecule has 2 aromatic carbocycles. The monoisotopic (exact) mass is 610 g/mol. The van der Waals surface area contributed by atoms with E-state index in [0.717, 1.165) is 16.3 Å². The van der Waals surface area contributed by atoms with Gasteiger partial charge in [-0.3, -0.25) is 19.3 Å². The summed E-state index contributed by atoms with van der Waals surface area (Å²) in [6.07, 6.45) is 0.319. The summed E-state index contributed by atoms with van der Waals surface area (Å²) in [5.74, 6) is -2.73. The number of rotatable bonds is 9. The third kappa shape index (κ3) is 8.70. The predicted octanol–water partition coefficient (Wildman–Crippen LogP) is 3.73. The smallest absolute Gasteiger partial charge is 0.410 e. The first-order chi connectivity index (χ1) is 20.4. The molecule has 0 saturated carbocycles. The van der Waals surface area contributed by atoms with E-state index in [1.54, 1.807) is 41.5 Å². The van der Waals surface area contributed by atoms with Gasteiger partial charge in [0.15, 0.2) is 0 Å². The Morgan fingerprint density at radius 2 is 1.64 bits per heavy atom. The quantitative estimate of drug-likeness (QED) is 0.392. The number of amides is 4. The van der Waals surface area contributed by atoms with Gasteiger partial charge in [-0.1, -0.05) is 63.2 Å². The summed E-state index contributed by atoms with van der Waals surface area (Å²) in [7, 11) is 1.45. The van der Waals surface area contributed by atoms with Crippen molar-refractivity contribution in [2.24, 2.45) is 5.41 Å². The molecule has 3 rings (SSSR count). The Balaban J connectivity index is 1.73. The topological polar surface area (TPSA) is 145 Å². The summed E-state index contributed by atoms with van der Waals surface area (Å²) in [5, 5.41) is 17.4. The Hall–Kier alpha value is -4.15. The molecule has 0 aromatic heterocycles. The zero-order valence-corrected chi connectivity index (χ0v) is 27.0. The van der Waals surface area contributed by atoms with Crippen LogP contribution in [0.3, 0.4) is 0 Å². The highest BCUT2D eigenvalue weighted by Gasteiger charge is 2.43. The zero-order chi connectivity index (χ0) is 33.0. The highest BCUT2D eigenvalue weighted by molar-refractivity contribution is 5.95. The van der Waals surface area contributed by atoms with Gasteiger partial charge < -0.3 is 25.4 Å². The van der Waals surface area contributed by atoms with Gasteiger partial charge >= 0.3 is 12.1 Å². The number of likely N-dealkylation sites (tertiary alicyclic amines) is 1. The molecule has 2 aromatic rings. The van der Waals surface area contributed by atoms with Crippen LogP contribution in [-0.4, -0.2) is 88.1 Å². The third-order valence-electron chi connectivity index (χ3n) is 7.75. The van der Waals surface area contributed by atoms with E-state index >= 15 is 0 Å². The molecule has 1 fully saturated rings. The second-order valence-electron chi connectivity index (χ2n) is 13.5. The largest absolute Gasteiger partial charge is 0.480 e. The molecular weight excluding hydrogens is 564 g/mol. The molecule has 0 aliphatic carbocycles. The number of carbonyl (C=O) groups excluding carboxylic acids is 4. The van der Waals surface area contributed by atoms with Crippen LogP contribution in [0.1, 0.15) is 66.9 Å². The Bertz CT molecular complexity index is 1390. The molecule has 1 heterocycles. The van der Waals surface area contributed by atoms with E-state index in [0.29, 0.717) is 12.8 Å². The highest BCUT2D eigenvalue weighted by atomic mass is 16.6. The molecule has 1 saturated heterocycles. The highest BCUT2D eigenvalue weighted by Crippen LogP contribution is 2.26. The van der Waals surface area contributed by atoms with Crippen molar-refractivity contribution < 1.29 is 33.8 Å². The number of carboxylic acid groups (broad SMARTS) is 1. The van der Waals surface area contributed by atoms with E-state index in [1.165, 1.54) is 23.8 Å². The lowest BCUT2D eigenvalue weighted by Gasteiger charge is -2.37. The Kier molecular flexibility index (Phi) is 10.7. The Morgan fingerprint density at radius 1 is 1.00 bits per heavy atom. The standard InChI is InChI=1S/C33H46N4O7/c1-20(36(8)31(43)44-33(5,6)7)27(38)35-26(32(2,3)4)29(40)37-17-11-14-25(37)28(39)34-24(30(41)42)19-21-15-16-22-12-9-10-13-23(22)18-21/h9-10,12-13,15-16,18,20,24-26H,11,14,17,19H2,1-8H3,(H,34,39)(H,35,38)(H,41,42). The van der Waals surface area contributed by atoms with Gasteiger partial charge in [-0.15, -0.1) is 0 Å². The van der Waals surface area contributed by atoms with Crippen molar-refractivity contribution in [3.8, 4) is 0 Å². The average molecular weight is 611 g/mol. The van der Waals surface area contributed by atoms with Gasteiger partial charge in [-0.2, -0.15) is 0 Å². The van der Waals surface area contributed by atoms with Crippen LogP contribution in [0.15, 0.2) is 42.5 Å². The Morgan fingerprint density at radius 3 is 2.23 bits per heavy atom. The molecule has 3 N–H and O–H groups in total. The van der Waals surface area contributed by atoms with Crippen LogP contribution in [0, 0.1) is 5.41 Å². The first-order valence-electron chi connectivity index (χ1n) is 15.0. The van der Waals surface area contributed by atoms with Gasteiger partial charge in [0.1, 0.15) is 29.8 Å². The lowest BCUT2D eigenvalue weighted by Crippen LogP contribution is -2.60. The van der Waals surface area contributed by atoms with Gasteiger partial charge in [0, 0.05) is 20.0 Å². The van der Waals surface area contributed by atoms with Gasteiger partial charge in [-0.05, 0) is 62.3 Å². The van der Waals surface area contributed by atoms with E-state index in [4.69, 9.17) is 4.74 Å². The van der Waals surface area contributed by atoms with E-state index in [-0.39, 0.29) is 13.0 Å². The van der Waals surface area contributed by atoms with Crippen LogP contribution in [0.4, 0.5) is 4.79 Å². The molecule has 4 unspecified atom stereocenters. The number of likely N-dealkylation sites (N-methyl/N-ethyl adjacent to an activating group) is 1. The predicted molar refractivity (Wildman–Crippen MR) is 167 cm³/mol. The number of hydrogen-bond donors (Lipinski definition) is 3. The summed E-state index contributed by atoms with van der Waals surface area (Å²) >= 11 is 0. The molecule has 4 atom stereocenters. The molecule has 11 heteroatoms. The lowest BCUT2D eigenvalue weighted by atomic mass is 9.85. The molecule has 11 nitrogen and oxygen atoms in total. The summed E-state index contributed by atoms with van der Waals surface area (Å²) in [4.78, 5) is 67.9. The van der Waals surface area contributed by atoms with E-state index < -0.39 is 65.0 Å². The molecule has 240 valence electrons. The van der Waals surface area contributed by atoms with E-state index in [1.807, 2.05) is 42.5 Å². The fourth-order valence-electron chi connectivity index (χ4n) is 5.12. The average Bonchev–Trinajstić information content (AvgIpc) is 3.43. The molecule has 0 spiro atoms. The van der Waals surface area contributed by atoms with Crippen LogP contribution in [-0.2, 0) is 30.3 Å². The molecule has 1 aliphatic rings. The Labute approximate surface area is 259 Å².